The molecule has 1 aromatic carbocycles. The maximum atomic E-state index is 11.2. The van der Waals surface area contributed by atoms with Gasteiger partial charge in [-0.3, -0.25) is 4.79 Å². The van der Waals surface area contributed by atoms with Gasteiger partial charge >= 0.3 is 11.9 Å². The number of hydrogen-bond acceptors (Lipinski definition) is 5. The SMILES string of the molecule is COC(=O)C(=O)NCCc1ccc(OC)c(OC)c1. The average molecular weight is 267 g/mol. The number of amides is 1. The zero-order valence-corrected chi connectivity index (χ0v) is 11.2. The van der Waals surface area contributed by atoms with E-state index in [4.69, 9.17) is 9.47 Å². The molecule has 0 heterocycles. The predicted molar refractivity (Wildman–Crippen MR) is 68.3 cm³/mol. The number of ether oxygens (including phenoxy) is 3. The lowest BCUT2D eigenvalue weighted by Crippen LogP contribution is -2.33. The lowest BCUT2D eigenvalue weighted by atomic mass is 10.1. The Bertz CT molecular complexity index is 458. The molecule has 6 nitrogen and oxygen atoms in total. The molecule has 0 saturated carbocycles. The number of hydrogen-bond donors (Lipinski definition) is 1. The molecule has 1 aromatic rings. The van der Waals surface area contributed by atoms with Gasteiger partial charge in [-0.1, -0.05) is 6.07 Å². The van der Waals surface area contributed by atoms with Crippen LogP contribution in [0.4, 0.5) is 0 Å². The molecule has 0 radical (unpaired) electrons. The third-order valence-electron chi connectivity index (χ3n) is 2.52. The van der Waals surface area contributed by atoms with Crippen LogP contribution in [0.1, 0.15) is 5.56 Å². The molecule has 6 heteroatoms. The van der Waals surface area contributed by atoms with Crippen molar-refractivity contribution in [1.82, 2.24) is 5.32 Å². The number of carbonyl (C=O) groups excluding carboxylic acids is 2. The molecule has 0 aliphatic heterocycles. The number of benzene rings is 1. The maximum Gasteiger partial charge on any atom is 0.396 e. The topological polar surface area (TPSA) is 73.9 Å². The highest BCUT2D eigenvalue weighted by atomic mass is 16.5. The Kier molecular flexibility index (Phi) is 5.66. The number of carbonyl (C=O) groups is 2. The van der Waals surface area contributed by atoms with Crippen LogP contribution in [0.15, 0.2) is 18.2 Å². The average Bonchev–Trinajstić information content (AvgIpc) is 2.45. The van der Waals surface area contributed by atoms with Gasteiger partial charge in [-0.25, -0.2) is 4.79 Å². The largest absolute Gasteiger partial charge is 0.493 e. The van der Waals surface area contributed by atoms with Crippen LogP contribution in [-0.2, 0) is 20.7 Å². The predicted octanol–water partition coefficient (Wildman–Crippen LogP) is 0.535. The first kappa shape index (κ1) is 14.8. The number of rotatable bonds is 5. The fourth-order valence-electron chi connectivity index (χ4n) is 1.52. The molecule has 0 aliphatic rings. The van der Waals surface area contributed by atoms with E-state index in [9.17, 15) is 9.59 Å². The van der Waals surface area contributed by atoms with Crippen molar-refractivity contribution in [2.75, 3.05) is 27.9 Å². The monoisotopic (exact) mass is 267 g/mol. The Balaban J connectivity index is 2.54. The van der Waals surface area contributed by atoms with Gasteiger partial charge in [-0.2, -0.15) is 0 Å². The molecule has 0 aromatic heterocycles. The smallest absolute Gasteiger partial charge is 0.396 e. The van der Waals surface area contributed by atoms with Crippen molar-refractivity contribution >= 4 is 11.9 Å². The Hall–Kier alpha value is -2.24. The Morgan fingerprint density at radius 3 is 2.37 bits per heavy atom. The van der Waals surface area contributed by atoms with Gasteiger partial charge in [0.25, 0.3) is 0 Å². The summed E-state index contributed by atoms with van der Waals surface area (Å²) in [5.41, 5.74) is 0.961. The van der Waals surface area contributed by atoms with Crippen molar-refractivity contribution in [2.45, 2.75) is 6.42 Å². The first-order valence-electron chi connectivity index (χ1n) is 5.69. The second kappa shape index (κ2) is 7.25. The van der Waals surface area contributed by atoms with E-state index in [1.807, 2.05) is 12.1 Å². The molecule has 0 bridgehead atoms. The summed E-state index contributed by atoms with van der Waals surface area (Å²) in [4.78, 5) is 22.0. The third kappa shape index (κ3) is 4.17. The molecule has 0 saturated heterocycles. The van der Waals surface area contributed by atoms with Gasteiger partial charge in [0.1, 0.15) is 0 Å². The van der Waals surface area contributed by atoms with Crippen molar-refractivity contribution in [3.05, 3.63) is 23.8 Å². The van der Waals surface area contributed by atoms with E-state index in [1.54, 1.807) is 20.3 Å². The highest BCUT2D eigenvalue weighted by Gasteiger charge is 2.12. The quantitative estimate of drug-likeness (QED) is 0.622. The van der Waals surface area contributed by atoms with Gasteiger partial charge in [-0.15, -0.1) is 0 Å². The van der Waals surface area contributed by atoms with Gasteiger partial charge in [0.05, 0.1) is 21.3 Å². The molecule has 19 heavy (non-hydrogen) atoms. The number of nitrogens with one attached hydrogen (secondary N) is 1. The zero-order valence-electron chi connectivity index (χ0n) is 11.2. The minimum Gasteiger partial charge on any atom is -0.493 e. The molecule has 0 aliphatic carbocycles. The fraction of sp³-hybridized carbons (Fsp3) is 0.385. The van der Waals surface area contributed by atoms with Crippen LogP contribution in [0.25, 0.3) is 0 Å². The molecule has 0 atom stereocenters. The maximum absolute atomic E-state index is 11.2. The summed E-state index contributed by atoms with van der Waals surface area (Å²) in [5.74, 6) is -0.376. The summed E-state index contributed by atoms with van der Waals surface area (Å²) < 4.78 is 14.6. The van der Waals surface area contributed by atoms with Crippen LogP contribution in [-0.4, -0.2) is 39.8 Å². The highest BCUT2D eigenvalue weighted by molar-refractivity contribution is 6.32. The van der Waals surface area contributed by atoms with E-state index >= 15 is 0 Å². The molecular formula is C13H17NO5. The van der Waals surface area contributed by atoms with E-state index < -0.39 is 11.9 Å². The van der Waals surface area contributed by atoms with Crippen molar-refractivity contribution in [3.63, 3.8) is 0 Å². The molecule has 1 rings (SSSR count). The fourth-order valence-corrected chi connectivity index (χ4v) is 1.52. The summed E-state index contributed by atoms with van der Waals surface area (Å²) in [6.45, 7) is 0.337. The van der Waals surface area contributed by atoms with Gasteiger partial charge < -0.3 is 19.5 Å². The summed E-state index contributed by atoms with van der Waals surface area (Å²) in [6.07, 6.45) is 0.573. The van der Waals surface area contributed by atoms with Crippen LogP contribution in [0.3, 0.4) is 0 Å². The molecule has 0 fully saturated rings. The molecular weight excluding hydrogens is 250 g/mol. The van der Waals surface area contributed by atoms with Crippen molar-refractivity contribution in [3.8, 4) is 11.5 Å². The Morgan fingerprint density at radius 2 is 1.79 bits per heavy atom. The molecule has 1 N–H and O–H groups in total. The van der Waals surface area contributed by atoms with E-state index in [0.717, 1.165) is 12.7 Å². The normalized spacial score (nSPS) is 9.63. The van der Waals surface area contributed by atoms with Crippen LogP contribution in [0, 0.1) is 0 Å². The Morgan fingerprint density at radius 1 is 1.11 bits per heavy atom. The van der Waals surface area contributed by atoms with Gasteiger partial charge in [0, 0.05) is 6.54 Å². The minimum absolute atomic E-state index is 0.337. The van der Waals surface area contributed by atoms with E-state index in [-0.39, 0.29) is 0 Å². The van der Waals surface area contributed by atoms with Crippen LogP contribution in [0.5, 0.6) is 11.5 Å². The van der Waals surface area contributed by atoms with E-state index in [0.29, 0.717) is 24.5 Å². The zero-order chi connectivity index (χ0) is 14.3. The summed E-state index contributed by atoms with van der Waals surface area (Å²) in [6, 6.07) is 5.48. The first-order chi connectivity index (χ1) is 9.12. The lowest BCUT2D eigenvalue weighted by molar-refractivity contribution is -0.152. The van der Waals surface area contributed by atoms with Crippen molar-refractivity contribution in [2.24, 2.45) is 0 Å². The van der Waals surface area contributed by atoms with Crippen LogP contribution >= 0.6 is 0 Å². The molecule has 1 amide bonds. The van der Waals surface area contributed by atoms with Gasteiger partial charge in [0.2, 0.25) is 0 Å². The summed E-state index contributed by atoms with van der Waals surface area (Å²) >= 11 is 0. The van der Waals surface area contributed by atoms with E-state index in [2.05, 4.69) is 10.1 Å². The number of methoxy groups -OCH3 is 3. The Labute approximate surface area is 111 Å². The van der Waals surface area contributed by atoms with Gasteiger partial charge in [0.15, 0.2) is 11.5 Å². The van der Waals surface area contributed by atoms with Crippen molar-refractivity contribution in [1.29, 1.82) is 0 Å². The summed E-state index contributed by atoms with van der Waals surface area (Å²) in [7, 11) is 4.28. The third-order valence-corrected chi connectivity index (χ3v) is 2.52. The molecule has 0 unspecified atom stereocenters. The molecule has 104 valence electrons. The van der Waals surface area contributed by atoms with Crippen molar-refractivity contribution < 1.29 is 23.8 Å². The highest BCUT2D eigenvalue weighted by Crippen LogP contribution is 2.27. The van der Waals surface area contributed by atoms with Gasteiger partial charge in [-0.05, 0) is 24.1 Å². The van der Waals surface area contributed by atoms with Crippen LogP contribution in [0.2, 0.25) is 0 Å². The second-order valence-corrected chi connectivity index (χ2v) is 3.69. The summed E-state index contributed by atoms with van der Waals surface area (Å²) in [5, 5.41) is 2.46. The molecule has 0 spiro atoms. The lowest BCUT2D eigenvalue weighted by Gasteiger charge is -2.09. The first-order valence-corrected chi connectivity index (χ1v) is 5.69. The van der Waals surface area contributed by atoms with Crippen LogP contribution < -0.4 is 14.8 Å². The minimum atomic E-state index is -0.896. The standard InChI is InChI=1S/C13H17NO5/c1-17-10-5-4-9(8-11(10)18-2)6-7-14-12(15)13(16)19-3/h4-5,8H,6-7H2,1-3H3,(H,14,15). The van der Waals surface area contributed by atoms with E-state index in [1.165, 1.54) is 0 Å². The second-order valence-electron chi connectivity index (χ2n) is 3.69. The number of esters is 1.